The fourth-order valence-corrected chi connectivity index (χ4v) is 2.46. The smallest absolute Gasteiger partial charge is 0.261 e. The minimum absolute atomic E-state index is 0.0402. The van der Waals surface area contributed by atoms with Gasteiger partial charge >= 0.3 is 0 Å². The third-order valence-corrected chi connectivity index (χ3v) is 3.79. The summed E-state index contributed by atoms with van der Waals surface area (Å²) >= 11 is 4.75. The molecular formula is C10H15BrN2OS. The zero-order valence-electron chi connectivity index (χ0n) is 8.79. The molecule has 3 N–H and O–H groups in total. The second-order valence-corrected chi connectivity index (χ2v) is 6.13. The van der Waals surface area contributed by atoms with Crippen LogP contribution >= 0.6 is 27.3 Å². The molecule has 0 saturated carbocycles. The van der Waals surface area contributed by atoms with E-state index >= 15 is 0 Å². The van der Waals surface area contributed by atoms with Gasteiger partial charge < -0.3 is 11.1 Å². The Balaban J connectivity index is 2.62. The molecule has 0 radical (unpaired) electrons. The molecule has 0 aliphatic carbocycles. The van der Waals surface area contributed by atoms with Gasteiger partial charge in [0.05, 0.1) is 8.66 Å². The minimum Gasteiger partial charge on any atom is -0.347 e. The van der Waals surface area contributed by atoms with E-state index < -0.39 is 0 Å². The van der Waals surface area contributed by atoms with Crippen molar-refractivity contribution in [1.29, 1.82) is 0 Å². The lowest BCUT2D eigenvalue weighted by Crippen LogP contribution is -2.43. The first-order valence-electron chi connectivity index (χ1n) is 4.81. The van der Waals surface area contributed by atoms with Gasteiger partial charge in [-0.25, -0.2) is 0 Å². The quantitative estimate of drug-likeness (QED) is 0.893. The predicted molar refractivity (Wildman–Crippen MR) is 67.2 cm³/mol. The van der Waals surface area contributed by atoms with Gasteiger partial charge in [-0.3, -0.25) is 4.79 Å². The van der Waals surface area contributed by atoms with Crippen LogP contribution in [-0.2, 0) is 0 Å². The van der Waals surface area contributed by atoms with E-state index in [-0.39, 0.29) is 11.9 Å². The summed E-state index contributed by atoms with van der Waals surface area (Å²) in [5, 5.41) is 2.92. The van der Waals surface area contributed by atoms with Crippen molar-refractivity contribution in [3.05, 3.63) is 20.8 Å². The minimum atomic E-state index is -0.0464. The molecular weight excluding hydrogens is 276 g/mol. The van der Waals surface area contributed by atoms with E-state index in [9.17, 15) is 4.79 Å². The molecule has 1 rings (SSSR count). The number of thiophene rings is 1. The van der Waals surface area contributed by atoms with Crippen molar-refractivity contribution in [2.45, 2.75) is 19.9 Å². The van der Waals surface area contributed by atoms with Gasteiger partial charge in [-0.15, -0.1) is 11.3 Å². The van der Waals surface area contributed by atoms with E-state index in [0.717, 1.165) is 3.79 Å². The van der Waals surface area contributed by atoms with Crippen LogP contribution in [-0.4, -0.2) is 18.5 Å². The van der Waals surface area contributed by atoms with Crippen LogP contribution in [0.15, 0.2) is 15.9 Å². The molecule has 0 spiro atoms. The number of nitrogens with two attached hydrogens (primary N) is 1. The zero-order valence-corrected chi connectivity index (χ0v) is 11.2. The van der Waals surface area contributed by atoms with Crippen LogP contribution < -0.4 is 11.1 Å². The Kier molecular flexibility index (Phi) is 4.76. The molecule has 3 nitrogen and oxygen atoms in total. The van der Waals surface area contributed by atoms with Crippen LogP contribution in [0, 0.1) is 5.92 Å². The van der Waals surface area contributed by atoms with E-state index in [1.165, 1.54) is 11.3 Å². The average Bonchev–Trinajstić information content (AvgIpc) is 2.60. The van der Waals surface area contributed by atoms with Gasteiger partial charge in [0.25, 0.3) is 5.91 Å². The molecule has 0 saturated heterocycles. The molecule has 15 heavy (non-hydrogen) atoms. The first-order valence-corrected chi connectivity index (χ1v) is 6.41. The third kappa shape index (κ3) is 3.59. The maximum atomic E-state index is 11.8. The monoisotopic (exact) mass is 290 g/mol. The lowest BCUT2D eigenvalue weighted by Gasteiger charge is -2.19. The van der Waals surface area contributed by atoms with Crippen LogP contribution in [0.5, 0.6) is 0 Å². The predicted octanol–water partition coefficient (Wildman–Crippen LogP) is 2.22. The first-order chi connectivity index (χ1) is 7.04. The van der Waals surface area contributed by atoms with Crippen molar-refractivity contribution in [2.75, 3.05) is 6.54 Å². The first kappa shape index (κ1) is 12.7. The number of rotatable bonds is 4. The van der Waals surface area contributed by atoms with Gasteiger partial charge in [-0.2, -0.15) is 0 Å². The Morgan fingerprint density at radius 2 is 2.27 bits per heavy atom. The van der Waals surface area contributed by atoms with Gasteiger partial charge in [0.15, 0.2) is 0 Å². The number of halogens is 1. The van der Waals surface area contributed by atoms with Crippen molar-refractivity contribution in [3.8, 4) is 0 Å². The average molecular weight is 291 g/mol. The lowest BCUT2D eigenvalue weighted by molar-refractivity contribution is 0.0932. The lowest BCUT2D eigenvalue weighted by atomic mass is 10.0. The molecule has 0 aliphatic heterocycles. The van der Waals surface area contributed by atoms with Crippen molar-refractivity contribution >= 4 is 33.2 Å². The number of carbonyl (C=O) groups is 1. The molecule has 0 fully saturated rings. The summed E-state index contributed by atoms with van der Waals surface area (Å²) in [7, 11) is 0. The van der Waals surface area contributed by atoms with Crippen LogP contribution in [0.1, 0.15) is 23.5 Å². The summed E-state index contributed by atoms with van der Waals surface area (Å²) in [5.41, 5.74) is 5.58. The van der Waals surface area contributed by atoms with Crippen LogP contribution in [0.4, 0.5) is 0 Å². The molecule has 1 aromatic rings. The fraction of sp³-hybridized carbons (Fsp3) is 0.500. The number of hydrogen-bond acceptors (Lipinski definition) is 3. The molecule has 84 valence electrons. The summed E-state index contributed by atoms with van der Waals surface area (Å²) in [5.74, 6) is 0.303. The van der Waals surface area contributed by atoms with E-state index in [4.69, 9.17) is 5.73 Å². The van der Waals surface area contributed by atoms with Crippen LogP contribution in [0.3, 0.4) is 0 Å². The highest BCUT2D eigenvalue weighted by molar-refractivity contribution is 9.11. The van der Waals surface area contributed by atoms with Gasteiger partial charge in [-0.05, 0) is 34.0 Å². The van der Waals surface area contributed by atoms with Gasteiger partial charge in [0, 0.05) is 12.6 Å². The van der Waals surface area contributed by atoms with E-state index in [2.05, 4.69) is 21.2 Å². The maximum Gasteiger partial charge on any atom is 0.261 e. The van der Waals surface area contributed by atoms with Crippen molar-refractivity contribution < 1.29 is 4.79 Å². The Labute approximate surface area is 102 Å². The second kappa shape index (κ2) is 5.63. The molecule has 1 amide bonds. The molecule has 1 atom stereocenters. The highest BCUT2D eigenvalue weighted by atomic mass is 79.9. The summed E-state index contributed by atoms with van der Waals surface area (Å²) in [6, 6.07) is 3.71. The number of nitrogens with one attached hydrogen (secondary N) is 1. The van der Waals surface area contributed by atoms with Crippen molar-refractivity contribution in [3.63, 3.8) is 0 Å². The molecule has 0 bridgehead atoms. The summed E-state index contributed by atoms with van der Waals surface area (Å²) in [6.45, 7) is 4.56. The number of hydrogen-bond donors (Lipinski definition) is 2. The molecule has 1 heterocycles. The molecule has 1 unspecified atom stereocenters. The van der Waals surface area contributed by atoms with Crippen molar-refractivity contribution in [1.82, 2.24) is 5.32 Å². The van der Waals surface area contributed by atoms with E-state index in [1.54, 1.807) is 6.07 Å². The Morgan fingerprint density at radius 1 is 1.60 bits per heavy atom. The standard InChI is InChI=1S/C10H15BrN2OS/c1-6(2)7(5-12)13-10(14)8-3-4-9(11)15-8/h3-4,6-7H,5,12H2,1-2H3,(H,13,14). The topological polar surface area (TPSA) is 55.1 Å². The van der Waals surface area contributed by atoms with Gasteiger partial charge in [0.2, 0.25) is 0 Å². The van der Waals surface area contributed by atoms with Gasteiger partial charge in [-0.1, -0.05) is 13.8 Å². The summed E-state index contributed by atoms with van der Waals surface area (Å²) in [4.78, 5) is 12.5. The Bertz CT molecular complexity index is 338. The summed E-state index contributed by atoms with van der Waals surface area (Å²) < 4.78 is 0.960. The highest BCUT2D eigenvalue weighted by Gasteiger charge is 2.16. The Hall–Kier alpha value is -0.390. The second-order valence-electron chi connectivity index (χ2n) is 3.66. The van der Waals surface area contributed by atoms with Gasteiger partial charge in [0.1, 0.15) is 0 Å². The summed E-state index contributed by atoms with van der Waals surface area (Å²) in [6.07, 6.45) is 0. The molecule has 0 aliphatic rings. The number of amides is 1. The van der Waals surface area contributed by atoms with Crippen LogP contribution in [0.25, 0.3) is 0 Å². The SMILES string of the molecule is CC(C)C(CN)NC(=O)c1ccc(Br)s1. The van der Waals surface area contributed by atoms with E-state index in [1.807, 2.05) is 19.9 Å². The normalized spacial score (nSPS) is 12.9. The Morgan fingerprint density at radius 3 is 2.67 bits per heavy atom. The molecule has 0 aromatic carbocycles. The fourth-order valence-electron chi connectivity index (χ4n) is 1.17. The highest BCUT2D eigenvalue weighted by Crippen LogP contribution is 2.22. The largest absolute Gasteiger partial charge is 0.347 e. The van der Waals surface area contributed by atoms with E-state index in [0.29, 0.717) is 17.3 Å². The van der Waals surface area contributed by atoms with Crippen LogP contribution in [0.2, 0.25) is 0 Å². The molecule has 1 aromatic heterocycles. The third-order valence-electron chi connectivity index (χ3n) is 2.17. The van der Waals surface area contributed by atoms with Crippen molar-refractivity contribution in [2.24, 2.45) is 11.7 Å². The maximum absolute atomic E-state index is 11.8. The molecule has 5 heteroatoms. The number of carbonyl (C=O) groups excluding carboxylic acids is 1. The zero-order chi connectivity index (χ0) is 11.4.